The largest absolute Gasteiger partial charge is 0.481 e. The lowest BCUT2D eigenvalue weighted by Gasteiger charge is -2.10. The Labute approximate surface area is 104 Å². The van der Waals surface area contributed by atoms with Gasteiger partial charge in [-0.15, -0.1) is 11.3 Å². The van der Waals surface area contributed by atoms with Gasteiger partial charge < -0.3 is 5.11 Å². The average molecular weight is 244 g/mol. The molecule has 0 spiro atoms. The number of carboxylic acids is 1. The van der Waals surface area contributed by atoms with Gasteiger partial charge in [-0.1, -0.05) is 23.8 Å². The molecule has 1 N–H and O–H groups in total. The fraction of sp³-hybridized carbons (Fsp3) is 0.214. The summed E-state index contributed by atoms with van der Waals surface area (Å²) < 4.78 is 0. The maximum atomic E-state index is 11.0. The summed E-state index contributed by atoms with van der Waals surface area (Å²) in [5, 5.41) is 11.1. The number of aryl methyl sites for hydroxylation is 1. The van der Waals surface area contributed by atoms with Gasteiger partial charge in [0.2, 0.25) is 0 Å². The minimum Gasteiger partial charge on any atom is -0.481 e. The SMILES string of the molecule is Cc1ccc2c(c1)C(CC(=O)O)c1ccsc1-2. The molecule has 86 valence electrons. The van der Waals surface area contributed by atoms with Crippen LogP contribution in [0, 0.1) is 6.92 Å². The molecule has 1 atom stereocenters. The highest BCUT2D eigenvalue weighted by molar-refractivity contribution is 7.13. The summed E-state index contributed by atoms with van der Waals surface area (Å²) in [5.41, 5.74) is 4.76. The number of carbonyl (C=O) groups is 1. The second-order valence-electron chi connectivity index (χ2n) is 4.45. The third-order valence-corrected chi connectivity index (χ3v) is 4.24. The molecule has 0 radical (unpaired) electrons. The molecule has 1 aromatic heterocycles. The Hall–Kier alpha value is -1.61. The Bertz CT molecular complexity index is 598. The third-order valence-electron chi connectivity index (χ3n) is 3.28. The van der Waals surface area contributed by atoms with Crippen molar-refractivity contribution in [3.05, 3.63) is 46.3 Å². The first-order chi connectivity index (χ1) is 8.16. The molecular weight excluding hydrogens is 232 g/mol. The van der Waals surface area contributed by atoms with Gasteiger partial charge in [-0.05, 0) is 35.1 Å². The number of aliphatic carboxylic acids is 1. The molecule has 1 aliphatic carbocycles. The van der Waals surface area contributed by atoms with Crippen LogP contribution in [-0.2, 0) is 4.79 Å². The van der Waals surface area contributed by atoms with Crippen LogP contribution in [0.5, 0.6) is 0 Å². The molecule has 0 saturated heterocycles. The fourth-order valence-electron chi connectivity index (χ4n) is 2.55. The van der Waals surface area contributed by atoms with Crippen LogP contribution in [0.2, 0.25) is 0 Å². The standard InChI is InChI=1S/C14H12O2S/c1-8-2-3-9-11(6-8)12(7-13(15)16)10-4-5-17-14(9)10/h2-6,12H,7H2,1H3,(H,15,16). The minimum absolute atomic E-state index is 0.0312. The number of fused-ring (bicyclic) bond motifs is 3. The molecular formula is C14H12O2S. The zero-order chi connectivity index (χ0) is 12.0. The summed E-state index contributed by atoms with van der Waals surface area (Å²) in [6, 6.07) is 8.38. The molecule has 0 bridgehead atoms. The predicted molar refractivity (Wildman–Crippen MR) is 68.6 cm³/mol. The van der Waals surface area contributed by atoms with Crippen molar-refractivity contribution >= 4 is 17.3 Å². The Morgan fingerprint density at radius 2 is 2.18 bits per heavy atom. The summed E-state index contributed by atoms with van der Waals surface area (Å²) in [7, 11) is 0. The second kappa shape index (κ2) is 3.70. The lowest BCUT2D eigenvalue weighted by molar-refractivity contribution is -0.137. The lowest BCUT2D eigenvalue weighted by atomic mass is 9.93. The summed E-state index contributed by atoms with van der Waals surface area (Å²) in [6.45, 7) is 2.05. The van der Waals surface area contributed by atoms with E-state index in [-0.39, 0.29) is 12.3 Å². The first kappa shape index (κ1) is 10.5. The van der Waals surface area contributed by atoms with Gasteiger partial charge in [0.15, 0.2) is 0 Å². The Morgan fingerprint density at radius 3 is 2.94 bits per heavy atom. The van der Waals surface area contributed by atoms with Gasteiger partial charge in [-0.25, -0.2) is 0 Å². The molecule has 3 heteroatoms. The van der Waals surface area contributed by atoms with Crippen molar-refractivity contribution in [2.75, 3.05) is 0 Å². The molecule has 0 amide bonds. The van der Waals surface area contributed by atoms with E-state index in [4.69, 9.17) is 5.11 Å². The average Bonchev–Trinajstić information content (AvgIpc) is 2.82. The summed E-state index contributed by atoms with van der Waals surface area (Å²) >= 11 is 1.70. The predicted octanol–water partition coefficient (Wildman–Crippen LogP) is 3.64. The van der Waals surface area contributed by atoms with Crippen LogP contribution in [0.1, 0.15) is 29.0 Å². The number of carboxylic acid groups (broad SMARTS) is 1. The van der Waals surface area contributed by atoms with Crippen molar-refractivity contribution in [2.45, 2.75) is 19.3 Å². The summed E-state index contributed by atoms with van der Waals surface area (Å²) in [5.74, 6) is -0.704. The van der Waals surface area contributed by atoms with Crippen LogP contribution in [0.3, 0.4) is 0 Å². The molecule has 17 heavy (non-hydrogen) atoms. The van der Waals surface area contributed by atoms with Crippen molar-refractivity contribution in [3.8, 4) is 10.4 Å². The molecule has 2 aromatic rings. The molecule has 3 rings (SSSR count). The van der Waals surface area contributed by atoms with Gasteiger partial charge in [0.25, 0.3) is 0 Å². The monoisotopic (exact) mass is 244 g/mol. The molecule has 1 heterocycles. The van der Waals surface area contributed by atoms with Crippen LogP contribution >= 0.6 is 11.3 Å². The van der Waals surface area contributed by atoms with Gasteiger partial charge in [0.05, 0.1) is 6.42 Å². The molecule has 0 saturated carbocycles. The zero-order valence-corrected chi connectivity index (χ0v) is 10.3. The Kier molecular flexibility index (Phi) is 2.30. The highest BCUT2D eigenvalue weighted by atomic mass is 32.1. The quantitative estimate of drug-likeness (QED) is 0.875. The number of hydrogen-bond donors (Lipinski definition) is 1. The number of thiophene rings is 1. The van der Waals surface area contributed by atoms with E-state index in [0.29, 0.717) is 0 Å². The van der Waals surface area contributed by atoms with E-state index in [0.717, 1.165) is 0 Å². The van der Waals surface area contributed by atoms with E-state index in [2.05, 4.69) is 24.3 Å². The van der Waals surface area contributed by atoms with Crippen molar-refractivity contribution < 1.29 is 9.90 Å². The molecule has 2 nitrogen and oxygen atoms in total. The van der Waals surface area contributed by atoms with Crippen LogP contribution in [0.25, 0.3) is 10.4 Å². The van der Waals surface area contributed by atoms with E-state index in [1.165, 1.54) is 27.1 Å². The first-order valence-electron chi connectivity index (χ1n) is 5.57. The normalized spacial score (nSPS) is 16.6. The van der Waals surface area contributed by atoms with Crippen molar-refractivity contribution in [2.24, 2.45) is 0 Å². The first-order valence-corrected chi connectivity index (χ1v) is 6.45. The molecule has 1 unspecified atom stereocenters. The van der Waals surface area contributed by atoms with E-state index >= 15 is 0 Å². The Balaban J connectivity index is 2.18. The van der Waals surface area contributed by atoms with Crippen LogP contribution in [0.15, 0.2) is 29.6 Å². The second-order valence-corrected chi connectivity index (χ2v) is 5.36. The molecule has 0 aliphatic heterocycles. The van der Waals surface area contributed by atoms with E-state index in [1.807, 2.05) is 12.3 Å². The van der Waals surface area contributed by atoms with Gasteiger partial charge in [0, 0.05) is 10.8 Å². The van der Waals surface area contributed by atoms with Gasteiger partial charge in [0.1, 0.15) is 0 Å². The third kappa shape index (κ3) is 1.58. The van der Waals surface area contributed by atoms with Crippen molar-refractivity contribution in [1.82, 2.24) is 0 Å². The van der Waals surface area contributed by atoms with Crippen molar-refractivity contribution in [1.29, 1.82) is 0 Å². The van der Waals surface area contributed by atoms with Gasteiger partial charge >= 0.3 is 5.97 Å². The molecule has 1 aromatic carbocycles. The Morgan fingerprint density at radius 1 is 1.35 bits per heavy atom. The molecule has 0 fully saturated rings. The fourth-order valence-corrected chi connectivity index (χ4v) is 3.56. The van der Waals surface area contributed by atoms with Gasteiger partial charge in [-0.3, -0.25) is 4.79 Å². The number of hydrogen-bond acceptors (Lipinski definition) is 2. The number of benzene rings is 1. The highest BCUT2D eigenvalue weighted by Crippen LogP contribution is 2.49. The lowest BCUT2D eigenvalue weighted by Crippen LogP contribution is -2.04. The highest BCUT2D eigenvalue weighted by Gasteiger charge is 2.31. The van der Waals surface area contributed by atoms with E-state index < -0.39 is 5.97 Å². The number of rotatable bonds is 2. The van der Waals surface area contributed by atoms with E-state index in [1.54, 1.807) is 11.3 Å². The minimum atomic E-state index is -0.735. The summed E-state index contributed by atoms with van der Waals surface area (Å²) in [6.07, 6.45) is 0.181. The van der Waals surface area contributed by atoms with Gasteiger partial charge in [-0.2, -0.15) is 0 Å². The molecule has 1 aliphatic rings. The van der Waals surface area contributed by atoms with Crippen LogP contribution in [-0.4, -0.2) is 11.1 Å². The smallest absolute Gasteiger partial charge is 0.304 e. The maximum Gasteiger partial charge on any atom is 0.304 e. The van der Waals surface area contributed by atoms with E-state index in [9.17, 15) is 4.79 Å². The van der Waals surface area contributed by atoms with Crippen LogP contribution < -0.4 is 0 Å². The van der Waals surface area contributed by atoms with Crippen LogP contribution in [0.4, 0.5) is 0 Å². The maximum absolute atomic E-state index is 11.0. The topological polar surface area (TPSA) is 37.3 Å². The zero-order valence-electron chi connectivity index (χ0n) is 9.43. The summed E-state index contributed by atoms with van der Waals surface area (Å²) in [4.78, 5) is 12.2. The van der Waals surface area contributed by atoms with Crippen molar-refractivity contribution in [3.63, 3.8) is 0 Å².